The molecule has 1 aliphatic heterocycles. The number of hydrogen-bond donors (Lipinski definition) is 0. The van der Waals surface area contributed by atoms with E-state index in [0.29, 0.717) is 19.3 Å². The summed E-state index contributed by atoms with van der Waals surface area (Å²) in [7, 11) is 0. The molecule has 0 aromatic heterocycles. The lowest BCUT2D eigenvalue weighted by molar-refractivity contribution is -0.185. The van der Waals surface area contributed by atoms with Gasteiger partial charge < -0.3 is 9.47 Å². The molecule has 0 spiro atoms. The fourth-order valence-electron chi connectivity index (χ4n) is 2.83. The first kappa shape index (κ1) is 12.4. The van der Waals surface area contributed by atoms with E-state index in [9.17, 15) is 9.59 Å². The Labute approximate surface area is 102 Å². The molecule has 1 heterocycles. The molecule has 2 aliphatic rings. The molecule has 1 aliphatic carbocycles. The molecular formula is C13H20O4. The highest BCUT2D eigenvalue weighted by Gasteiger charge is 2.47. The summed E-state index contributed by atoms with van der Waals surface area (Å²) in [5.74, 6) is -0.345. The Morgan fingerprint density at radius 3 is 2.65 bits per heavy atom. The zero-order valence-electron chi connectivity index (χ0n) is 10.4. The number of hydrogen-bond acceptors (Lipinski definition) is 4. The molecule has 0 aromatic carbocycles. The first-order chi connectivity index (χ1) is 8.16. The van der Waals surface area contributed by atoms with E-state index in [-0.39, 0.29) is 18.0 Å². The van der Waals surface area contributed by atoms with Gasteiger partial charge in [0, 0.05) is 12.8 Å². The number of carbonyl (C=O) groups is 2. The fraction of sp³-hybridized carbons (Fsp3) is 0.846. The van der Waals surface area contributed by atoms with Crippen molar-refractivity contribution in [3.8, 4) is 0 Å². The fourth-order valence-corrected chi connectivity index (χ4v) is 2.83. The Balaban J connectivity index is 2.11. The summed E-state index contributed by atoms with van der Waals surface area (Å²) in [6.07, 6.45) is 6.23. The number of cyclic esters (lactones) is 1. The third-order valence-corrected chi connectivity index (χ3v) is 3.78. The quantitative estimate of drug-likeness (QED) is 0.710. The monoisotopic (exact) mass is 240 g/mol. The third kappa shape index (κ3) is 2.61. The average Bonchev–Trinajstić information content (AvgIpc) is 2.77. The van der Waals surface area contributed by atoms with Crippen LogP contribution in [0, 0.1) is 0 Å². The van der Waals surface area contributed by atoms with E-state index in [1.807, 2.05) is 0 Å². The van der Waals surface area contributed by atoms with Crippen molar-refractivity contribution in [1.82, 2.24) is 0 Å². The van der Waals surface area contributed by atoms with E-state index in [1.165, 1.54) is 6.42 Å². The number of esters is 2. The standard InChI is InChI=1S/C13H20O4/c1-2-11(14)17-13(8-4-3-5-9-13)10-6-7-12(15)16-10/h10H,2-9H2,1H3. The Kier molecular flexibility index (Phi) is 3.69. The zero-order chi connectivity index (χ0) is 12.3. The number of carbonyl (C=O) groups excluding carboxylic acids is 2. The molecule has 96 valence electrons. The van der Waals surface area contributed by atoms with Gasteiger partial charge in [0.1, 0.15) is 11.7 Å². The predicted octanol–water partition coefficient (Wildman–Crippen LogP) is 2.35. The molecule has 2 rings (SSSR count). The van der Waals surface area contributed by atoms with Crippen LogP contribution in [0.5, 0.6) is 0 Å². The first-order valence-corrected chi connectivity index (χ1v) is 6.57. The lowest BCUT2D eigenvalue weighted by atomic mass is 9.79. The number of ether oxygens (including phenoxy) is 2. The zero-order valence-corrected chi connectivity index (χ0v) is 10.4. The van der Waals surface area contributed by atoms with Crippen molar-refractivity contribution >= 4 is 11.9 Å². The minimum atomic E-state index is -0.530. The van der Waals surface area contributed by atoms with Crippen molar-refractivity contribution in [3.63, 3.8) is 0 Å². The summed E-state index contributed by atoms with van der Waals surface area (Å²) < 4.78 is 11.0. The minimum absolute atomic E-state index is 0.160. The predicted molar refractivity (Wildman–Crippen MR) is 61.3 cm³/mol. The molecule has 0 N–H and O–H groups in total. The Morgan fingerprint density at radius 2 is 2.12 bits per heavy atom. The second-order valence-electron chi connectivity index (χ2n) is 4.97. The highest BCUT2D eigenvalue weighted by atomic mass is 16.6. The molecular weight excluding hydrogens is 220 g/mol. The van der Waals surface area contributed by atoms with Crippen molar-refractivity contribution in [3.05, 3.63) is 0 Å². The summed E-state index contributed by atoms with van der Waals surface area (Å²) >= 11 is 0. The van der Waals surface area contributed by atoms with Crippen LogP contribution in [-0.2, 0) is 19.1 Å². The van der Waals surface area contributed by atoms with Crippen molar-refractivity contribution < 1.29 is 19.1 Å². The van der Waals surface area contributed by atoms with E-state index in [1.54, 1.807) is 6.92 Å². The molecule has 0 amide bonds. The Hall–Kier alpha value is -1.06. The molecule has 4 heteroatoms. The maximum Gasteiger partial charge on any atom is 0.306 e. The molecule has 1 saturated carbocycles. The molecule has 1 unspecified atom stereocenters. The van der Waals surface area contributed by atoms with E-state index in [2.05, 4.69) is 0 Å². The van der Waals surface area contributed by atoms with Crippen LogP contribution in [0.15, 0.2) is 0 Å². The van der Waals surface area contributed by atoms with Gasteiger partial charge in [0.05, 0.1) is 0 Å². The van der Waals surface area contributed by atoms with E-state index in [4.69, 9.17) is 9.47 Å². The molecule has 2 fully saturated rings. The topological polar surface area (TPSA) is 52.6 Å². The van der Waals surface area contributed by atoms with Gasteiger partial charge in [0.15, 0.2) is 0 Å². The SMILES string of the molecule is CCC(=O)OC1(C2CCC(=O)O2)CCCCC1. The van der Waals surface area contributed by atoms with Crippen molar-refractivity contribution in [2.24, 2.45) is 0 Å². The summed E-state index contributed by atoms with van der Waals surface area (Å²) in [4.78, 5) is 22.8. The van der Waals surface area contributed by atoms with Gasteiger partial charge in [-0.3, -0.25) is 9.59 Å². The summed E-state index contributed by atoms with van der Waals surface area (Å²) in [6, 6.07) is 0. The first-order valence-electron chi connectivity index (χ1n) is 6.57. The van der Waals surface area contributed by atoms with E-state index >= 15 is 0 Å². The number of rotatable bonds is 3. The Morgan fingerprint density at radius 1 is 1.41 bits per heavy atom. The van der Waals surface area contributed by atoms with Gasteiger partial charge in [0.2, 0.25) is 0 Å². The lowest BCUT2D eigenvalue weighted by Crippen LogP contribution is -2.47. The summed E-state index contributed by atoms with van der Waals surface area (Å²) in [5, 5.41) is 0. The molecule has 1 saturated heterocycles. The van der Waals surface area contributed by atoms with E-state index in [0.717, 1.165) is 25.7 Å². The molecule has 17 heavy (non-hydrogen) atoms. The second-order valence-corrected chi connectivity index (χ2v) is 4.97. The molecule has 0 radical (unpaired) electrons. The van der Waals surface area contributed by atoms with Gasteiger partial charge >= 0.3 is 11.9 Å². The van der Waals surface area contributed by atoms with Crippen molar-refractivity contribution in [1.29, 1.82) is 0 Å². The van der Waals surface area contributed by atoms with Crippen LogP contribution in [0.2, 0.25) is 0 Å². The minimum Gasteiger partial charge on any atom is -0.458 e. The van der Waals surface area contributed by atoms with Crippen molar-refractivity contribution in [2.45, 2.75) is 70.0 Å². The second kappa shape index (κ2) is 5.07. The van der Waals surface area contributed by atoms with Gasteiger partial charge in [-0.05, 0) is 32.1 Å². The average molecular weight is 240 g/mol. The normalized spacial score (nSPS) is 27.6. The van der Waals surface area contributed by atoms with Crippen LogP contribution in [0.25, 0.3) is 0 Å². The summed E-state index contributed by atoms with van der Waals surface area (Å²) in [6.45, 7) is 1.79. The molecule has 1 atom stereocenters. The molecule has 4 nitrogen and oxygen atoms in total. The highest BCUT2D eigenvalue weighted by Crippen LogP contribution is 2.40. The van der Waals surface area contributed by atoms with Gasteiger partial charge in [-0.25, -0.2) is 0 Å². The van der Waals surface area contributed by atoms with Crippen LogP contribution in [-0.4, -0.2) is 23.6 Å². The summed E-state index contributed by atoms with van der Waals surface area (Å²) in [5.41, 5.74) is -0.530. The van der Waals surface area contributed by atoms with Crippen LogP contribution < -0.4 is 0 Å². The van der Waals surface area contributed by atoms with Crippen LogP contribution in [0.4, 0.5) is 0 Å². The maximum atomic E-state index is 11.6. The van der Waals surface area contributed by atoms with Gasteiger partial charge in [0.25, 0.3) is 0 Å². The van der Waals surface area contributed by atoms with E-state index < -0.39 is 5.60 Å². The van der Waals surface area contributed by atoms with Gasteiger partial charge in [-0.15, -0.1) is 0 Å². The largest absolute Gasteiger partial charge is 0.458 e. The van der Waals surface area contributed by atoms with Crippen LogP contribution in [0.1, 0.15) is 58.3 Å². The van der Waals surface area contributed by atoms with Crippen LogP contribution in [0.3, 0.4) is 0 Å². The van der Waals surface area contributed by atoms with Gasteiger partial charge in [-0.2, -0.15) is 0 Å². The molecule has 0 aromatic rings. The Bertz CT molecular complexity index is 305. The van der Waals surface area contributed by atoms with Crippen LogP contribution >= 0.6 is 0 Å². The van der Waals surface area contributed by atoms with Crippen molar-refractivity contribution in [2.75, 3.05) is 0 Å². The smallest absolute Gasteiger partial charge is 0.306 e. The van der Waals surface area contributed by atoms with Gasteiger partial charge in [-0.1, -0.05) is 13.3 Å². The molecule has 0 bridgehead atoms. The third-order valence-electron chi connectivity index (χ3n) is 3.78. The lowest BCUT2D eigenvalue weighted by Gasteiger charge is -2.40. The maximum absolute atomic E-state index is 11.6. The highest BCUT2D eigenvalue weighted by molar-refractivity contribution is 5.72.